The van der Waals surface area contributed by atoms with Crippen LogP contribution >= 0.6 is 34.2 Å². The van der Waals surface area contributed by atoms with Crippen LogP contribution in [0.5, 0.6) is 0 Å². The van der Waals surface area contributed by atoms with Gasteiger partial charge in [0.2, 0.25) is 0 Å². The maximum absolute atomic E-state index is 6.24. The number of hydrogen-bond donors (Lipinski definition) is 0. The second kappa shape index (κ2) is 5.85. The molecule has 2 aromatic heterocycles. The topological polar surface area (TPSA) is 38.7 Å². The predicted octanol–water partition coefficient (Wildman–Crippen LogP) is 5.07. The zero-order valence-electron chi connectivity index (χ0n) is 11.6. The SMILES string of the molecule is CC(C)c1nc(-c2ccc3ccccc3n2)nc(Cl)c1I. The second-order valence-corrected chi connectivity index (χ2v) is 6.52. The molecule has 0 aliphatic carbocycles. The largest absolute Gasteiger partial charge is 0.244 e. The summed E-state index contributed by atoms with van der Waals surface area (Å²) in [6, 6.07) is 12.0. The van der Waals surface area contributed by atoms with E-state index >= 15 is 0 Å². The molecule has 0 bridgehead atoms. The van der Waals surface area contributed by atoms with Gasteiger partial charge < -0.3 is 0 Å². The summed E-state index contributed by atoms with van der Waals surface area (Å²) in [5.41, 5.74) is 2.63. The van der Waals surface area contributed by atoms with Crippen LogP contribution in [-0.2, 0) is 0 Å². The first-order chi connectivity index (χ1) is 10.1. The average Bonchev–Trinajstić information content (AvgIpc) is 2.49. The summed E-state index contributed by atoms with van der Waals surface area (Å²) in [6.45, 7) is 4.19. The normalized spacial score (nSPS) is 11.3. The Labute approximate surface area is 141 Å². The summed E-state index contributed by atoms with van der Waals surface area (Å²) < 4.78 is 0.911. The highest BCUT2D eigenvalue weighted by Gasteiger charge is 2.15. The molecule has 3 aromatic rings. The summed E-state index contributed by atoms with van der Waals surface area (Å²) in [5, 5.41) is 1.58. The van der Waals surface area contributed by atoms with E-state index in [0.29, 0.717) is 11.0 Å². The van der Waals surface area contributed by atoms with Gasteiger partial charge in [0.25, 0.3) is 0 Å². The standard InChI is InChI=1S/C16H13ClIN3/c1-9(2)14-13(18)15(17)21-16(20-14)12-8-7-10-5-3-4-6-11(10)19-12/h3-9H,1-2H3. The van der Waals surface area contributed by atoms with Crippen molar-refractivity contribution in [3.63, 3.8) is 0 Å². The number of rotatable bonds is 2. The summed E-state index contributed by atoms with van der Waals surface area (Å²) >= 11 is 8.44. The number of aromatic nitrogens is 3. The van der Waals surface area contributed by atoms with Gasteiger partial charge in [-0.1, -0.05) is 49.7 Å². The van der Waals surface area contributed by atoms with Gasteiger partial charge in [-0.25, -0.2) is 15.0 Å². The lowest BCUT2D eigenvalue weighted by molar-refractivity contribution is 0.807. The third kappa shape index (κ3) is 2.87. The van der Waals surface area contributed by atoms with Crippen LogP contribution in [-0.4, -0.2) is 15.0 Å². The molecule has 0 amide bonds. The van der Waals surface area contributed by atoms with Gasteiger partial charge in [-0.3, -0.25) is 0 Å². The van der Waals surface area contributed by atoms with E-state index in [1.807, 2.05) is 36.4 Å². The third-order valence-corrected chi connectivity index (χ3v) is 4.87. The fraction of sp³-hybridized carbons (Fsp3) is 0.188. The Hall–Kier alpha value is -1.27. The first kappa shape index (κ1) is 14.7. The Morgan fingerprint density at radius 2 is 1.76 bits per heavy atom. The Balaban J connectivity index is 2.18. The molecule has 0 aliphatic rings. The fourth-order valence-corrected chi connectivity index (χ4v) is 3.16. The molecule has 0 saturated heterocycles. The number of hydrogen-bond acceptors (Lipinski definition) is 3. The molecular formula is C16H13ClIN3. The highest BCUT2D eigenvalue weighted by molar-refractivity contribution is 14.1. The van der Waals surface area contributed by atoms with Crippen LogP contribution in [0.15, 0.2) is 36.4 Å². The van der Waals surface area contributed by atoms with E-state index in [4.69, 9.17) is 11.6 Å². The van der Waals surface area contributed by atoms with Crippen LogP contribution in [0.1, 0.15) is 25.5 Å². The van der Waals surface area contributed by atoms with Crippen molar-refractivity contribution in [2.24, 2.45) is 0 Å². The first-order valence-corrected chi connectivity index (χ1v) is 8.11. The molecule has 0 atom stereocenters. The Kier molecular flexibility index (Phi) is 4.08. The summed E-state index contributed by atoms with van der Waals surface area (Å²) in [7, 11) is 0. The molecule has 0 unspecified atom stereocenters. The minimum atomic E-state index is 0.289. The quantitative estimate of drug-likeness (QED) is 0.438. The Bertz CT molecular complexity index is 818. The average molecular weight is 410 g/mol. The van der Waals surface area contributed by atoms with E-state index in [1.165, 1.54) is 0 Å². The van der Waals surface area contributed by atoms with Crippen molar-refractivity contribution in [1.82, 2.24) is 15.0 Å². The van der Waals surface area contributed by atoms with E-state index in [-0.39, 0.29) is 5.92 Å². The maximum Gasteiger partial charge on any atom is 0.179 e. The molecule has 3 nitrogen and oxygen atoms in total. The van der Waals surface area contributed by atoms with Gasteiger partial charge in [0.15, 0.2) is 5.82 Å². The van der Waals surface area contributed by atoms with Crippen molar-refractivity contribution >= 4 is 45.1 Å². The lowest BCUT2D eigenvalue weighted by Gasteiger charge is -2.10. The van der Waals surface area contributed by atoms with Crippen LogP contribution in [0.4, 0.5) is 0 Å². The van der Waals surface area contributed by atoms with Crippen LogP contribution in [0, 0.1) is 3.57 Å². The van der Waals surface area contributed by atoms with E-state index < -0.39 is 0 Å². The number of halogens is 2. The molecule has 3 rings (SSSR count). The number of para-hydroxylation sites is 1. The minimum absolute atomic E-state index is 0.289. The monoisotopic (exact) mass is 409 g/mol. The van der Waals surface area contributed by atoms with E-state index in [2.05, 4.69) is 51.4 Å². The Morgan fingerprint density at radius 1 is 1.00 bits per heavy atom. The zero-order chi connectivity index (χ0) is 15.0. The highest BCUT2D eigenvalue weighted by atomic mass is 127. The van der Waals surface area contributed by atoms with Crippen LogP contribution in [0.25, 0.3) is 22.4 Å². The lowest BCUT2D eigenvalue weighted by atomic mass is 10.1. The van der Waals surface area contributed by atoms with Crippen molar-refractivity contribution in [2.75, 3.05) is 0 Å². The lowest BCUT2D eigenvalue weighted by Crippen LogP contribution is -2.03. The number of nitrogens with zero attached hydrogens (tertiary/aromatic N) is 3. The first-order valence-electron chi connectivity index (χ1n) is 6.65. The molecule has 106 valence electrons. The highest BCUT2D eigenvalue weighted by Crippen LogP contribution is 2.28. The zero-order valence-corrected chi connectivity index (χ0v) is 14.6. The summed E-state index contributed by atoms with van der Waals surface area (Å²) in [5.74, 6) is 0.867. The van der Waals surface area contributed by atoms with E-state index in [1.54, 1.807) is 0 Å². The maximum atomic E-state index is 6.24. The molecule has 1 aromatic carbocycles. The summed E-state index contributed by atoms with van der Waals surface area (Å²) in [4.78, 5) is 13.7. The molecule has 0 spiro atoms. The van der Waals surface area contributed by atoms with Gasteiger partial charge in [-0.05, 0) is 40.6 Å². The van der Waals surface area contributed by atoms with Crippen molar-refractivity contribution in [2.45, 2.75) is 19.8 Å². The van der Waals surface area contributed by atoms with Crippen molar-refractivity contribution < 1.29 is 0 Å². The number of pyridine rings is 1. The summed E-state index contributed by atoms with van der Waals surface area (Å²) in [6.07, 6.45) is 0. The van der Waals surface area contributed by atoms with Gasteiger partial charge in [-0.2, -0.15) is 0 Å². The molecule has 0 saturated carbocycles. The van der Waals surface area contributed by atoms with Gasteiger partial charge in [0.1, 0.15) is 10.8 Å². The van der Waals surface area contributed by atoms with Gasteiger partial charge in [0.05, 0.1) is 14.8 Å². The third-order valence-electron chi connectivity index (χ3n) is 3.21. The minimum Gasteiger partial charge on any atom is -0.244 e. The van der Waals surface area contributed by atoms with Crippen LogP contribution < -0.4 is 0 Å². The molecule has 0 radical (unpaired) electrons. The molecular weight excluding hydrogens is 397 g/mol. The Morgan fingerprint density at radius 3 is 2.52 bits per heavy atom. The van der Waals surface area contributed by atoms with E-state index in [9.17, 15) is 0 Å². The molecule has 0 N–H and O–H groups in total. The number of fused-ring (bicyclic) bond motifs is 1. The van der Waals surface area contributed by atoms with Crippen LogP contribution in [0.2, 0.25) is 5.15 Å². The molecule has 2 heterocycles. The van der Waals surface area contributed by atoms with Crippen molar-refractivity contribution in [1.29, 1.82) is 0 Å². The predicted molar refractivity (Wildman–Crippen MR) is 94.6 cm³/mol. The smallest absolute Gasteiger partial charge is 0.179 e. The molecule has 5 heteroatoms. The molecule has 21 heavy (non-hydrogen) atoms. The van der Waals surface area contributed by atoms with Crippen molar-refractivity contribution in [3.05, 3.63) is 50.8 Å². The van der Waals surface area contributed by atoms with Crippen LogP contribution in [0.3, 0.4) is 0 Å². The fourth-order valence-electron chi connectivity index (χ4n) is 2.12. The number of benzene rings is 1. The van der Waals surface area contributed by atoms with Gasteiger partial charge >= 0.3 is 0 Å². The second-order valence-electron chi connectivity index (χ2n) is 5.08. The van der Waals surface area contributed by atoms with Crippen molar-refractivity contribution in [3.8, 4) is 11.5 Å². The molecule has 0 aliphatic heterocycles. The van der Waals surface area contributed by atoms with E-state index in [0.717, 1.165) is 25.9 Å². The molecule has 0 fully saturated rings. The van der Waals surface area contributed by atoms with Gasteiger partial charge in [-0.15, -0.1) is 0 Å². The van der Waals surface area contributed by atoms with Gasteiger partial charge in [0, 0.05) is 5.39 Å².